The van der Waals surface area contributed by atoms with Gasteiger partial charge in [0.2, 0.25) is 0 Å². The molecule has 0 radical (unpaired) electrons. The lowest BCUT2D eigenvalue weighted by Crippen LogP contribution is -1.96. The summed E-state index contributed by atoms with van der Waals surface area (Å²) in [5.74, 6) is 0.829. The van der Waals surface area contributed by atoms with Gasteiger partial charge in [0.05, 0.1) is 26.2 Å². The molecule has 0 aliphatic rings. The van der Waals surface area contributed by atoms with Gasteiger partial charge in [0.15, 0.2) is 0 Å². The second kappa shape index (κ2) is 9.09. The lowest BCUT2D eigenvalue weighted by molar-refractivity contribution is -0.384. The van der Waals surface area contributed by atoms with E-state index in [0.29, 0.717) is 55.2 Å². The molecule has 0 fully saturated rings. The van der Waals surface area contributed by atoms with Crippen molar-refractivity contribution in [1.82, 2.24) is 10.2 Å². The highest BCUT2D eigenvalue weighted by molar-refractivity contribution is 6.33. The van der Waals surface area contributed by atoms with Crippen LogP contribution in [0.25, 0.3) is 45.2 Å². The molecule has 0 aliphatic carbocycles. The van der Waals surface area contributed by atoms with Gasteiger partial charge in [-0.15, -0.1) is 10.2 Å². The molecule has 2 heterocycles. The van der Waals surface area contributed by atoms with Crippen molar-refractivity contribution in [3.05, 3.63) is 111 Å². The van der Waals surface area contributed by atoms with Crippen LogP contribution in [-0.2, 0) is 0 Å². The molecule has 5 aromatic rings. The molecule has 0 saturated carbocycles. The summed E-state index contributed by atoms with van der Waals surface area (Å²) in [4.78, 5) is 11.1. The molecule has 0 saturated heterocycles. The Morgan fingerprint density at radius 2 is 1.24 bits per heavy atom. The van der Waals surface area contributed by atoms with E-state index < -0.39 is 4.92 Å². The number of nitro benzene ring substituents is 1. The maximum atomic E-state index is 11.5. The Labute approximate surface area is 204 Å². The third-order valence-corrected chi connectivity index (χ3v) is 5.97. The minimum absolute atomic E-state index is 0.0423. The van der Waals surface area contributed by atoms with E-state index in [0.717, 1.165) is 0 Å². The summed E-state index contributed by atoms with van der Waals surface area (Å²) >= 11 is 12.9. The van der Waals surface area contributed by atoms with Crippen molar-refractivity contribution in [2.75, 3.05) is 0 Å². The van der Waals surface area contributed by atoms with Crippen molar-refractivity contribution in [3.63, 3.8) is 0 Å². The molecule has 0 N–H and O–H groups in total. The summed E-state index contributed by atoms with van der Waals surface area (Å²) < 4.78 is 6.12. The molecule has 3 aromatic carbocycles. The number of nitro groups is 1. The molecule has 2 aromatic heterocycles. The first-order chi connectivity index (χ1) is 16.5. The fraction of sp³-hybridized carbons (Fsp3) is 0. The molecule has 166 valence electrons. The zero-order valence-electron chi connectivity index (χ0n) is 17.5. The van der Waals surface area contributed by atoms with E-state index in [1.165, 1.54) is 6.07 Å². The Hall–Kier alpha value is -4.00. The summed E-state index contributed by atoms with van der Waals surface area (Å²) in [6.45, 7) is 0. The van der Waals surface area contributed by atoms with Crippen LogP contribution in [0.4, 0.5) is 5.69 Å². The predicted molar refractivity (Wildman–Crippen MR) is 133 cm³/mol. The molecule has 34 heavy (non-hydrogen) atoms. The van der Waals surface area contributed by atoms with Gasteiger partial charge in [-0.25, -0.2) is 0 Å². The quantitative estimate of drug-likeness (QED) is 0.185. The van der Waals surface area contributed by atoms with Gasteiger partial charge in [0, 0.05) is 22.8 Å². The highest BCUT2D eigenvalue weighted by Gasteiger charge is 2.21. The summed E-state index contributed by atoms with van der Waals surface area (Å²) in [5.41, 5.74) is 3.44. The first-order valence-electron chi connectivity index (χ1n) is 10.2. The average molecular weight is 488 g/mol. The average Bonchev–Trinajstić information content (AvgIpc) is 3.34. The van der Waals surface area contributed by atoms with Crippen LogP contribution in [0.2, 0.25) is 10.0 Å². The number of benzene rings is 3. The molecule has 0 spiro atoms. The van der Waals surface area contributed by atoms with Crippen LogP contribution in [0, 0.1) is 10.1 Å². The molecule has 0 amide bonds. The first kappa shape index (κ1) is 21.8. The van der Waals surface area contributed by atoms with Gasteiger partial charge in [-0.1, -0.05) is 71.7 Å². The molecule has 5 rings (SSSR count). The number of furan rings is 1. The second-order valence-corrected chi connectivity index (χ2v) is 8.20. The van der Waals surface area contributed by atoms with Crippen LogP contribution >= 0.6 is 23.2 Å². The maximum Gasteiger partial charge on any atom is 0.280 e. The summed E-state index contributed by atoms with van der Waals surface area (Å²) in [6, 6.07) is 26.3. The van der Waals surface area contributed by atoms with Crippen LogP contribution in [0.5, 0.6) is 0 Å². The Balaban J connectivity index is 1.70. The molecule has 0 bridgehead atoms. The number of halogens is 2. The number of rotatable bonds is 5. The monoisotopic (exact) mass is 487 g/mol. The first-order valence-corrected chi connectivity index (χ1v) is 11.0. The fourth-order valence-corrected chi connectivity index (χ4v) is 4.16. The Morgan fingerprint density at radius 3 is 1.88 bits per heavy atom. The fourth-order valence-electron chi connectivity index (χ4n) is 3.70. The zero-order chi connectivity index (χ0) is 23.7. The van der Waals surface area contributed by atoms with Crippen molar-refractivity contribution in [2.45, 2.75) is 0 Å². The lowest BCUT2D eigenvalue weighted by atomic mass is 10.0. The molecule has 6 nitrogen and oxygen atoms in total. The molecular formula is C26H15Cl2N3O3. The Morgan fingerprint density at radius 1 is 0.676 bits per heavy atom. The minimum atomic E-state index is -0.434. The topological polar surface area (TPSA) is 82.1 Å². The van der Waals surface area contributed by atoms with Gasteiger partial charge in [-0.2, -0.15) is 0 Å². The van der Waals surface area contributed by atoms with Crippen molar-refractivity contribution in [3.8, 4) is 45.2 Å². The minimum Gasteiger partial charge on any atom is -0.456 e. The molecule has 0 aliphatic heterocycles. The van der Waals surface area contributed by atoms with Crippen molar-refractivity contribution in [1.29, 1.82) is 0 Å². The molecular weight excluding hydrogens is 473 g/mol. The highest BCUT2D eigenvalue weighted by atomic mass is 35.5. The SMILES string of the molecule is O=[N+]([O-])c1ccccc1-c1ccc(-c2cc(-c3ccccc3Cl)nnc2-c2ccccc2Cl)o1. The van der Waals surface area contributed by atoms with E-state index in [2.05, 4.69) is 10.2 Å². The third-order valence-electron chi connectivity index (χ3n) is 5.31. The van der Waals surface area contributed by atoms with E-state index in [9.17, 15) is 10.1 Å². The number of hydrogen-bond acceptors (Lipinski definition) is 5. The van der Waals surface area contributed by atoms with Crippen molar-refractivity contribution >= 4 is 28.9 Å². The Kier molecular flexibility index (Phi) is 5.84. The molecule has 0 unspecified atom stereocenters. The van der Waals surface area contributed by atoms with Gasteiger partial charge >= 0.3 is 0 Å². The number of hydrogen-bond donors (Lipinski definition) is 0. The maximum absolute atomic E-state index is 11.5. The van der Waals surface area contributed by atoms with E-state index in [4.69, 9.17) is 27.6 Å². The zero-order valence-corrected chi connectivity index (χ0v) is 19.0. The number of aromatic nitrogens is 2. The summed E-state index contributed by atoms with van der Waals surface area (Å²) in [5, 5.41) is 21.4. The molecule has 0 atom stereocenters. The van der Waals surface area contributed by atoms with Gasteiger partial charge in [-0.05, 0) is 36.4 Å². The van der Waals surface area contributed by atoms with Crippen molar-refractivity contribution < 1.29 is 9.34 Å². The Bertz CT molecular complexity index is 1530. The van der Waals surface area contributed by atoms with E-state index >= 15 is 0 Å². The summed E-state index contributed by atoms with van der Waals surface area (Å²) in [6.07, 6.45) is 0. The van der Waals surface area contributed by atoms with Crippen LogP contribution in [0.1, 0.15) is 0 Å². The van der Waals surface area contributed by atoms with E-state index in [1.807, 2.05) is 42.5 Å². The van der Waals surface area contributed by atoms with Crippen LogP contribution in [0.15, 0.2) is 95.4 Å². The van der Waals surface area contributed by atoms with Crippen LogP contribution in [-0.4, -0.2) is 15.1 Å². The van der Waals surface area contributed by atoms with Gasteiger partial charge in [0.1, 0.15) is 17.2 Å². The van der Waals surface area contributed by atoms with E-state index in [1.54, 1.807) is 42.5 Å². The molecule has 8 heteroatoms. The highest BCUT2D eigenvalue weighted by Crippen LogP contribution is 2.40. The van der Waals surface area contributed by atoms with Gasteiger partial charge < -0.3 is 4.42 Å². The predicted octanol–water partition coefficient (Wildman–Crippen LogP) is 7.95. The van der Waals surface area contributed by atoms with E-state index in [-0.39, 0.29) is 5.69 Å². The standard InChI is InChI=1S/C26H15Cl2N3O3/c27-20-10-4-1-7-16(20)22-15-19(26(30-29-22)17-8-2-5-11-21(17)28)25-14-13-24(34-25)18-9-3-6-12-23(18)31(32)33/h1-15H. The number of nitrogens with zero attached hydrogens (tertiary/aromatic N) is 3. The van der Waals surface area contributed by atoms with Crippen molar-refractivity contribution in [2.24, 2.45) is 0 Å². The largest absolute Gasteiger partial charge is 0.456 e. The summed E-state index contributed by atoms with van der Waals surface area (Å²) in [7, 11) is 0. The number of para-hydroxylation sites is 1. The normalized spacial score (nSPS) is 10.9. The second-order valence-electron chi connectivity index (χ2n) is 7.39. The van der Waals surface area contributed by atoms with Gasteiger partial charge in [-0.3, -0.25) is 10.1 Å². The third kappa shape index (κ3) is 4.05. The van der Waals surface area contributed by atoms with Gasteiger partial charge in [0.25, 0.3) is 5.69 Å². The smallest absolute Gasteiger partial charge is 0.280 e. The lowest BCUT2D eigenvalue weighted by Gasteiger charge is -2.11. The van der Waals surface area contributed by atoms with Crippen LogP contribution < -0.4 is 0 Å². The van der Waals surface area contributed by atoms with Crippen LogP contribution in [0.3, 0.4) is 0 Å².